The molecule has 6 heteroatoms. The molecule has 23 heavy (non-hydrogen) atoms. The average Bonchev–Trinajstić information content (AvgIpc) is 3.04. The van der Waals surface area contributed by atoms with Crippen molar-refractivity contribution < 1.29 is 18.7 Å². The third-order valence-electron chi connectivity index (χ3n) is 3.44. The molecule has 0 spiro atoms. The van der Waals surface area contributed by atoms with Crippen molar-refractivity contribution in [3.63, 3.8) is 0 Å². The van der Waals surface area contributed by atoms with Crippen molar-refractivity contribution in [2.24, 2.45) is 0 Å². The molecule has 0 aliphatic heterocycles. The summed E-state index contributed by atoms with van der Waals surface area (Å²) in [6.45, 7) is 5.87. The largest absolute Gasteiger partial charge is 0.461 e. The molecule has 122 valence electrons. The molecule has 0 bridgehead atoms. The lowest BCUT2D eigenvalue weighted by atomic mass is 10.0. The van der Waals surface area contributed by atoms with Crippen molar-refractivity contribution in [1.29, 1.82) is 0 Å². The quantitative estimate of drug-likeness (QED) is 0.828. The zero-order valence-corrected chi connectivity index (χ0v) is 13.5. The number of carbonyl (C=O) groups is 2. The van der Waals surface area contributed by atoms with E-state index in [1.807, 2.05) is 13.8 Å². The Morgan fingerprint density at radius 2 is 2.04 bits per heavy atom. The number of nitrogens with zero attached hydrogens (tertiary/aromatic N) is 1. The normalized spacial score (nSPS) is 11.8. The fourth-order valence-electron chi connectivity index (χ4n) is 2.06. The van der Waals surface area contributed by atoms with Crippen LogP contribution in [0, 0.1) is 0 Å². The highest BCUT2D eigenvalue weighted by atomic mass is 16.5. The van der Waals surface area contributed by atoms with Crippen molar-refractivity contribution >= 4 is 11.9 Å². The minimum Gasteiger partial charge on any atom is -0.461 e. The second-order valence-electron chi connectivity index (χ2n) is 5.08. The number of carbonyl (C=O) groups excluding carboxylic acids is 2. The van der Waals surface area contributed by atoms with Gasteiger partial charge in [0, 0.05) is 11.6 Å². The van der Waals surface area contributed by atoms with Crippen molar-refractivity contribution in [2.45, 2.75) is 33.2 Å². The van der Waals surface area contributed by atoms with Gasteiger partial charge >= 0.3 is 5.97 Å². The number of amides is 1. The molecule has 2 rings (SSSR count). The molecule has 1 unspecified atom stereocenters. The summed E-state index contributed by atoms with van der Waals surface area (Å²) in [6.07, 6.45) is 2.00. The van der Waals surface area contributed by atoms with E-state index >= 15 is 0 Å². The number of hydrogen-bond acceptors (Lipinski definition) is 5. The molecule has 0 aliphatic rings. The zero-order chi connectivity index (χ0) is 16.8. The Labute approximate surface area is 134 Å². The molecule has 1 aromatic carbocycles. The van der Waals surface area contributed by atoms with Crippen LogP contribution in [0.3, 0.4) is 0 Å². The van der Waals surface area contributed by atoms with Crippen LogP contribution in [0.2, 0.25) is 0 Å². The molecule has 1 heterocycles. The molecule has 1 amide bonds. The number of nitrogens with one attached hydrogen (secondary N) is 1. The topological polar surface area (TPSA) is 81.4 Å². The molecule has 0 aliphatic carbocycles. The summed E-state index contributed by atoms with van der Waals surface area (Å²) in [5.74, 6) is -0.562. The van der Waals surface area contributed by atoms with E-state index in [1.54, 1.807) is 31.2 Å². The molecule has 1 N–H and O–H groups in total. The van der Waals surface area contributed by atoms with Crippen molar-refractivity contribution in [3.05, 3.63) is 41.9 Å². The molecule has 6 nitrogen and oxygen atoms in total. The monoisotopic (exact) mass is 316 g/mol. The molecule has 0 saturated carbocycles. The van der Waals surface area contributed by atoms with Crippen LogP contribution in [0.5, 0.6) is 0 Å². The zero-order valence-electron chi connectivity index (χ0n) is 13.5. The van der Waals surface area contributed by atoms with Crippen LogP contribution in [0.4, 0.5) is 0 Å². The van der Waals surface area contributed by atoms with E-state index in [2.05, 4.69) is 10.3 Å². The number of benzene rings is 1. The van der Waals surface area contributed by atoms with Crippen LogP contribution in [0.15, 0.2) is 35.1 Å². The minimum atomic E-state index is -0.576. The summed E-state index contributed by atoms with van der Waals surface area (Å²) < 4.78 is 10.3. The second-order valence-corrected chi connectivity index (χ2v) is 5.08. The first-order chi connectivity index (χ1) is 11.1. The molecular formula is C17H20N2O4. The van der Waals surface area contributed by atoms with Gasteiger partial charge in [0.05, 0.1) is 12.2 Å². The molecule has 2 aromatic rings. The van der Waals surface area contributed by atoms with Gasteiger partial charge in [-0.1, -0.05) is 25.1 Å². The molecule has 0 radical (unpaired) electrons. The van der Waals surface area contributed by atoms with Crippen LogP contribution >= 0.6 is 0 Å². The number of hydrogen-bond donors (Lipinski definition) is 1. The number of rotatable bonds is 6. The van der Waals surface area contributed by atoms with Gasteiger partial charge in [0.15, 0.2) is 17.8 Å². The van der Waals surface area contributed by atoms with Crippen LogP contribution in [-0.2, 0) is 4.74 Å². The average molecular weight is 316 g/mol. The van der Waals surface area contributed by atoms with E-state index in [0.717, 1.165) is 6.42 Å². The van der Waals surface area contributed by atoms with E-state index in [9.17, 15) is 9.59 Å². The van der Waals surface area contributed by atoms with Gasteiger partial charge in [-0.2, -0.15) is 0 Å². The van der Waals surface area contributed by atoms with Gasteiger partial charge in [-0.25, -0.2) is 9.78 Å². The van der Waals surface area contributed by atoms with Crippen LogP contribution in [0.25, 0.3) is 11.3 Å². The summed E-state index contributed by atoms with van der Waals surface area (Å²) >= 11 is 0. The summed E-state index contributed by atoms with van der Waals surface area (Å²) in [4.78, 5) is 28.3. The molecule has 1 aromatic heterocycles. The van der Waals surface area contributed by atoms with Gasteiger partial charge < -0.3 is 14.5 Å². The first-order valence-electron chi connectivity index (χ1n) is 7.59. The highest BCUT2D eigenvalue weighted by molar-refractivity contribution is 6.03. The van der Waals surface area contributed by atoms with E-state index in [-0.39, 0.29) is 30.0 Å². The van der Waals surface area contributed by atoms with E-state index in [4.69, 9.17) is 9.15 Å². The van der Waals surface area contributed by atoms with Gasteiger partial charge in [0.25, 0.3) is 5.91 Å². The number of oxazole rings is 1. The molecule has 0 fully saturated rings. The van der Waals surface area contributed by atoms with Gasteiger partial charge in [-0.05, 0) is 26.3 Å². The molecule has 1 atom stereocenters. The predicted octanol–water partition coefficient (Wildman–Crippen LogP) is 3.05. The standard InChI is InChI=1S/C17H20N2O4/c1-4-11(3)19-16(20)13-9-7-6-8-12(13)15-14(18-10-23-15)17(21)22-5-2/h6-11H,4-5H2,1-3H3,(H,19,20). The summed E-state index contributed by atoms with van der Waals surface area (Å²) in [7, 11) is 0. The van der Waals surface area contributed by atoms with E-state index in [0.29, 0.717) is 11.1 Å². The van der Waals surface area contributed by atoms with Crippen molar-refractivity contribution in [1.82, 2.24) is 10.3 Å². The lowest BCUT2D eigenvalue weighted by Crippen LogP contribution is -2.32. The maximum Gasteiger partial charge on any atom is 0.360 e. The molecule has 0 saturated heterocycles. The lowest BCUT2D eigenvalue weighted by Gasteiger charge is -2.13. The fraction of sp³-hybridized carbons (Fsp3) is 0.353. The van der Waals surface area contributed by atoms with Gasteiger partial charge in [-0.15, -0.1) is 0 Å². The first kappa shape index (κ1) is 16.7. The highest BCUT2D eigenvalue weighted by Crippen LogP contribution is 2.27. The SMILES string of the molecule is CCOC(=O)c1ncoc1-c1ccccc1C(=O)NC(C)CC. The first-order valence-corrected chi connectivity index (χ1v) is 7.59. The highest BCUT2D eigenvalue weighted by Gasteiger charge is 2.23. The molecular weight excluding hydrogens is 296 g/mol. The third kappa shape index (κ3) is 3.77. The van der Waals surface area contributed by atoms with Gasteiger partial charge in [-0.3, -0.25) is 4.79 Å². The smallest absolute Gasteiger partial charge is 0.360 e. The van der Waals surface area contributed by atoms with Gasteiger partial charge in [0.1, 0.15) is 0 Å². The number of esters is 1. The number of aromatic nitrogens is 1. The summed E-state index contributed by atoms with van der Waals surface area (Å²) in [5.41, 5.74) is 1.000. The minimum absolute atomic E-state index is 0.0507. The Morgan fingerprint density at radius 1 is 1.30 bits per heavy atom. The van der Waals surface area contributed by atoms with Gasteiger partial charge in [0.2, 0.25) is 0 Å². The maximum atomic E-state index is 12.4. The Morgan fingerprint density at radius 3 is 2.74 bits per heavy atom. The Hall–Kier alpha value is -2.63. The van der Waals surface area contributed by atoms with Crippen LogP contribution < -0.4 is 5.32 Å². The lowest BCUT2D eigenvalue weighted by molar-refractivity contribution is 0.0520. The van der Waals surface area contributed by atoms with E-state index in [1.165, 1.54) is 6.39 Å². The summed E-state index contributed by atoms with van der Waals surface area (Å²) in [6, 6.07) is 6.98. The van der Waals surface area contributed by atoms with Crippen LogP contribution in [0.1, 0.15) is 48.0 Å². The van der Waals surface area contributed by atoms with Crippen LogP contribution in [-0.4, -0.2) is 29.5 Å². The maximum absolute atomic E-state index is 12.4. The Bertz CT molecular complexity index is 693. The number of ether oxygens (including phenoxy) is 1. The van der Waals surface area contributed by atoms with Crippen molar-refractivity contribution in [3.8, 4) is 11.3 Å². The van der Waals surface area contributed by atoms with E-state index < -0.39 is 5.97 Å². The second kappa shape index (κ2) is 7.58. The Kier molecular flexibility index (Phi) is 5.51. The summed E-state index contributed by atoms with van der Waals surface area (Å²) in [5, 5.41) is 2.90. The van der Waals surface area contributed by atoms with Crippen molar-refractivity contribution in [2.75, 3.05) is 6.61 Å². The third-order valence-corrected chi connectivity index (χ3v) is 3.44. The fourth-order valence-corrected chi connectivity index (χ4v) is 2.06. The predicted molar refractivity (Wildman–Crippen MR) is 85.1 cm³/mol. The Balaban J connectivity index is 2.40.